The van der Waals surface area contributed by atoms with Gasteiger partial charge in [-0.05, 0) is 6.54 Å². The lowest BCUT2D eigenvalue weighted by atomic mass is 10.5. The van der Waals surface area contributed by atoms with E-state index in [0.717, 1.165) is 5.01 Å². The summed E-state index contributed by atoms with van der Waals surface area (Å²) in [5.74, 6) is -0.925. The number of hydrogen-bond donors (Lipinski definition) is 2. The summed E-state index contributed by atoms with van der Waals surface area (Å²) in [6.45, 7) is 0.507. The van der Waals surface area contributed by atoms with Crippen molar-refractivity contribution < 1.29 is 9.90 Å². The van der Waals surface area contributed by atoms with Crippen molar-refractivity contribution in [3.05, 3.63) is 16.1 Å². The fraction of sp³-hybridized carbons (Fsp3) is 0.333. The van der Waals surface area contributed by atoms with Gasteiger partial charge in [-0.3, -0.25) is 0 Å². The average Bonchev–Trinajstić information content (AvgIpc) is 2.37. The Balaban J connectivity index is 2.73. The highest BCUT2D eigenvalue weighted by Crippen LogP contribution is 2.12. The molecular weight excluding hydrogens is 164 g/mol. The minimum Gasteiger partial charge on any atom is -0.477 e. The van der Waals surface area contributed by atoms with Crippen molar-refractivity contribution in [2.75, 3.05) is 6.54 Å². The number of rotatable bonds is 3. The molecule has 0 saturated heterocycles. The number of hydrogen-bond acceptors (Lipinski definition) is 4. The molecule has 60 valence electrons. The van der Waals surface area contributed by atoms with Crippen LogP contribution in [0.25, 0.3) is 0 Å². The van der Waals surface area contributed by atoms with Crippen LogP contribution in [0, 0.1) is 0 Å². The molecule has 3 N–H and O–H groups in total. The predicted molar refractivity (Wildman–Crippen MR) is 41.8 cm³/mol. The minimum atomic E-state index is -0.925. The molecule has 0 atom stereocenters. The smallest absolute Gasteiger partial charge is 0.347 e. The standard InChI is InChI=1S/C6H8N2O2S/c7-2-1-5-8-3-4(11-5)6(9)10/h3H,1-2,7H2,(H,9,10). The maximum absolute atomic E-state index is 10.4. The van der Waals surface area contributed by atoms with Crippen LogP contribution < -0.4 is 5.73 Å². The van der Waals surface area contributed by atoms with Gasteiger partial charge in [0.15, 0.2) is 0 Å². The van der Waals surface area contributed by atoms with Crippen LogP contribution in [0.4, 0.5) is 0 Å². The Bertz CT molecular complexity index is 259. The van der Waals surface area contributed by atoms with Crippen LogP contribution >= 0.6 is 11.3 Å². The number of carboxylic acids is 1. The summed E-state index contributed by atoms with van der Waals surface area (Å²) < 4.78 is 0. The number of nitrogens with two attached hydrogens (primary N) is 1. The van der Waals surface area contributed by atoms with Crippen LogP contribution in [-0.4, -0.2) is 22.6 Å². The Morgan fingerprint density at radius 3 is 3.00 bits per heavy atom. The molecule has 1 heterocycles. The molecule has 1 rings (SSSR count). The van der Waals surface area contributed by atoms with Crippen molar-refractivity contribution in [2.24, 2.45) is 5.73 Å². The summed E-state index contributed by atoms with van der Waals surface area (Å²) in [5.41, 5.74) is 5.27. The van der Waals surface area contributed by atoms with E-state index in [-0.39, 0.29) is 4.88 Å². The lowest BCUT2D eigenvalue weighted by molar-refractivity contribution is 0.0702. The van der Waals surface area contributed by atoms with Crippen LogP contribution in [0.5, 0.6) is 0 Å². The second-order valence-corrected chi connectivity index (χ2v) is 3.08. The molecule has 11 heavy (non-hydrogen) atoms. The largest absolute Gasteiger partial charge is 0.477 e. The van der Waals surface area contributed by atoms with E-state index >= 15 is 0 Å². The highest BCUT2D eigenvalue weighted by Gasteiger charge is 2.06. The normalized spacial score (nSPS) is 9.91. The third kappa shape index (κ3) is 1.99. The number of aromatic carboxylic acids is 1. The maximum atomic E-state index is 10.4. The van der Waals surface area contributed by atoms with E-state index in [0.29, 0.717) is 13.0 Å². The molecule has 1 aromatic heterocycles. The van der Waals surface area contributed by atoms with E-state index in [9.17, 15) is 4.79 Å². The SMILES string of the molecule is NCCc1ncc(C(=O)O)s1. The molecule has 0 spiro atoms. The van der Waals surface area contributed by atoms with Crippen molar-refractivity contribution in [3.8, 4) is 0 Å². The molecule has 5 heteroatoms. The lowest BCUT2D eigenvalue weighted by Gasteiger charge is -1.86. The molecule has 0 unspecified atom stereocenters. The lowest BCUT2D eigenvalue weighted by Crippen LogP contribution is -2.01. The van der Waals surface area contributed by atoms with Gasteiger partial charge in [0.2, 0.25) is 0 Å². The van der Waals surface area contributed by atoms with Gasteiger partial charge in [0.1, 0.15) is 4.88 Å². The van der Waals surface area contributed by atoms with Gasteiger partial charge in [-0.15, -0.1) is 11.3 Å². The van der Waals surface area contributed by atoms with Gasteiger partial charge in [0.25, 0.3) is 0 Å². The zero-order valence-corrected chi connectivity index (χ0v) is 6.60. The summed E-state index contributed by atoms with van der Waals surface area (Å²) >= 11 is 1.17. The first-order chi connectivity index (χ1) is 5.24. The molecular formula is C6H8N2O2S. The van der Waals surface area contributed by atoms with Gasteiger partial charge >= 0.3 is 5.97 Å². The first kappa shape index (κ1) is 8.16. The summed E-state index contributed by atoms with van der Waals surface area (Å²) in [7, 11) is 0. The first-order valence-corrected chi connectivity index (χ1v) is 3.93. The zero-order valence-electron chi connectivity index (χ0n) is 5.78. The van der Waals surface area contributed by atoms with Crippen LogP contribution in [-0.2, 0) is 6.42 Å². The fourth-order valence-electron chi connectivity index (χ4n) is 0.648. The van der Waals surface area contributed by atoms with E-state index in [1.807, 2.05) is 0 Å². The van der Waals surface area contributed by atoms with Crippen LogP contribution in [0.3, 0.4) is 0 Å². The average molecular weight is 172 g/mol. The van der Waals surface area contributed by atoms with Gasteiger partial charge in [-0.25, -0.2) is 9.78 Å². The number of carboxylic acid groups (broad SMARTS) is 1. The quantitative estimate of drug-likeness (QED) is 0.689. The van der Waals surface area contributed by atoms with Crippen molar-refractivity contribution >= 4 is 17.3 Å². The van der Waals surface area contributed by atoms with E-state index in [1.165, 1.54) is 17.5 Å². The highest BCUT2D eigenvalue weighted by molar-refractivity contribution is 7.13. The summed E-state index contributed by atoms with van der Waals surface area (Å²) in [5, 5.41) is 9.29. The van der Waals surface area contributed by atoms with Gasteiger partial charge in [0, 0.05) is 6.42 Å². The minimum absolute atomic E-state index is 0.272. The highest BCUT2D eigenvalue weighted by atomic mass is 32.1. The molecule has 0 aliphatic rings. The first-order valence-electron chi connectivity index (χ1n) is 3.12. The molecule has 0 amide bonds. The van der Waals surface area contributed by atoms with Crippen molar-refractivity contribution in [2.45, 2.75) is 6.42 Å². The van der Waals surface area contributed by atoms with Crippen LogP contribution in [0.15, 0.2) is 6.20 Å². The monoisotopic (exact) mass is 172 g/mol. The second-order valence-electron chi connectivity index (χ2n) is 1.96. The van der Waals surface area contributed by atoms with Gasteiger partial charge in [-0.1, -0.05) is 0 Å². The van der Waals surface area contributed by atoms with Gasteiger partial charge in [0.05, 0.1) is 11.2 Å². The van der Waals surface area contributed by atoms with Crippen molar-refractivity contribution in [3.63, 3.8) is 0 Å². The fourth-order valence-corrected chi connectivity index (χ4v) is 1.42. The topological polar surface area (TPSA) is 76.2 Å². The Kier molecular flexibility index (Phi) is 2.56. The molecule has 0 aliphatic heterocycles. The Labute approximate surface area is 67.7 Å². The Morgan fingerprint density at radius 1 is 1.82 bits per heavy atom. The van der Waals surface area contributed by atoms with E-state index in [4.69, 9.17) is 10.8 Å². The maximum Gasteiger partial charge on any atom is 0.347 e. The zero-order chi connectivity index (χ0) is 8.27. The van der Waals surface area contributed by atoms with Crippen molar-refractivity contribution in [1.29, 1.82) is 0 Å². The van der Waals surface area contributed by atoms with E-state index in [2.05, 4.69) is 4.98 Å². The molecule has 0 radical (unpaired) electrons. The molecule has 4 nitrogen and oxygen atoms in total. The predicted octanol–water partition coefficient (Wildman–Crippen LogP) is 0.342. The number of thiazole rings is 1. The third-order valence-electron chi connectivity index (χ3n) is 1.12. The van der Waals surface area contributed by atoms with E-state index < -0.39 is 5.97 Å². The molecule has 0 aromatic carbocycles. The van der Waals surface area contributed by atoms with Gasteiger partial charge in [-0.2, -0.15) is 0 Å². The Morgan fingerprint density at radius 2 is 2.55 bits per heavy atom. The third-order valence-corrected chi connectivity index (χ3v) is 2.17. The van der Waals surface area contributed by atoms with Crippen LogP contribution in [0.2, 0.25) is 0 Å². The molecule has 0 fully saturated rings. The van der Waals surface area contributed by atoms with Gasteiger partial charge < -0.3 is 10.8 Å². The number of carbonyl (C=O) groups is 1. The van der Waals surface area contributed by atoms with Crippen LogP contribution in [0.1, 0.15) is 14.7 Å². The summed E-state index contributed by atoms with van der Waals surface area (Å²) in [6.07, 6.45) is 2.01. The summed E-state index contributed by atoms with van der Waals surface area (Å²) in [6, 6.07) is 0. The summed E-state index contributed by atoms with van der Waals surface area (Å²) in [4.78, 5) is 14.5. The Hall–Kier alpha value is -0.940. The van der Waals surface area contributed by atoms with E-state index in [1.54, 1.807) is 0 Å². The molecule has 1 aromatic rings. The molecule has 0 aliphatic carbocycles. The second kappa shape index (κ2) is 3.45. The van der Waals surface area contributed by atoms with Crippen molar-refractivity contribution in [1.82, 2.24) is 4.98 Å². The number of nitrogens with zero attached hydrogens (tertiary/aromatic N) is 1. The number of aromatic nitrogens is 1. The molecule has 0 saturated carbocycles. The molecule has 0 bridgehead atoms.